The molecule has 0 aliphatic carbocycles. The largest absolute Gasteiger partial charge is 0.497 e. The van der Waals surface area contributed by atoms with Gasteiger partial charge in [0, 0.05) is 37.4 Å². The smallest absolute Gasteiger partial charge is 0.339 e. The maximum absolute atomic E-state index is 12.0. The third-order valence-electron chi connectivity index (χ3n) is 6.61. The van der Waals surface area contributed by atoms with Crippen LogP contribution in [0, 0.1) is 0 Å². The van der Waals surface area contributed by atoms with Crippen LogP contribution in [0.3, 0.4) is 0 Å². The summed E-state index contributed by atoms with van der Waals surface area (Å²) in [5, 5.41) is 0. The molecule has 1 unspecified atom stereocenters. The van der Waals surface area contributed by atoms with Gasteiger partial charge >= 0.3 is 5.97 Å². The van der Waals surface area contributed by atoms with Crippen LogP contribution in [0.4, 0.5) is 5.69 Å². The summed E-state index contributed by atoms with van der Waals surface area (Å²) in [6, 6.07) is 16.3. The van der Waals surface area contributed by atoms with Crippen LogP contribution >= 0.6 is 11.8 Å². The number of cyclic esters (lactones) is 1. The molecule has 33 heavy (non-hydrogen) atoms. The summed E-state index contributed by atoms with van der Waals surface area (Å²) in [5.41, 5.74) is 3.02. The Morgan fingerprint density at radius 2 is 1.76 bits per heavy atom. The molecule has 0 bridgehead atoms. The van der Waals surface area contributed by atoms with E-state index in [1.807, 2.05) is 30.0 Å². The van der Waals surface area contributed by atoms with Gasteiger partial charge in [-0.05, 0) is 67.6 Å². The molecule has 5 nitrogen and oxygen atoms in total. The van der Waals surface area contributed by atoms with E-state index in [2.05, 4.69) is 40.1 Å². The zero-order valence-electron chi connectivity index (χ0n) is 19.7. The predicted octanol–water partition coefficient (Wildman–Crippen LogP) is 5.41. The second kappa shape index (κ2) is 12.3. The van der Waals surface area contributed by atoms with Crippen molar-refractivity contribution in [1.29, 1.82) is 0 Å². The van der Waals surface area contributed by atoms with Gasteiger partial charge in [-0.25, -0.2) is 4.79 Å². The lowest BCUT2D eigenvalue weighted by molar-refractivity contribution is 0.0381. The molecule has 1 fully saturated rings. The van der Waals surface area contributed by atoms with E-state index >= 15 is 0 Å². The third-order valence-corrected chi connectivity index (χ3v) is 7.71. The number of piperazine rings is 1. The van der Waals surface area contributed by atoms with Gasteiger partial charge in [-0.3, -0.25) is 4.90 Å². The van der Waals surface area contributed by atoms with Gasteiger partial charge in [-0.15, -0.1) is 0 Å². The highest BCUT2D eigenvalue weighted by Gasteiger charge is 2.30. The number of hydrogen-bond donors (Lipinski definition) is 0. The molecule has 1 atom stereocenters. The second-order valence-corrected chi connectivity index (χ2v) is 10.1. The highest BCUT2D eigenvalue weighted by atomic mass is 32.2. The summed E-state index contributed by atoms with van der Waals surface area (Å²) in [6.45, 7) is 5.84. The third kappa shape index (κ3) is 6.67. The number of carbonyl (C=O) groups is 1. The van der Waals surface area contributed by atoms with Gasteiger partial charge in [-0.2, -0.15) is 11.8 Å². The van der Waals surface area contributed by atoms with Crippen LogP contribution in [-0.4, -0.2) is 62.2 Å². The van der Waals surface area contributed by atoms with Gasteiger partial charge in [0.05, 0.1) is 12.7 Å². The zero-order valence-corrected chi connectivity index (χ0v) is 20.5. The first-order valence-corrected chi connectivity index (χ1v) is 13.4. The molecular formula is C27H36N2O3S. The Morgan fingerprint density at radius 1 is 0.970 bits per heavy atom. The first-order valence-electron chi connectivity index (χ1n) is 12.2. The van der Waals surface area contributed by atoms with E-state index in [0.29, 0.717) is 5.56 Å². The van der Waals surface area contributed by atoms with E-state index in [4.69, 9.17) is 9.47 Å². The van der Waals surface area contributed by atoms with Crippen molar-refractivity contribution in [2.24, 2.45) is 0 Å². The lowest BCUT2D eigenvalue weighted by Gasteiger charge is -2.36. The molecule has 0 saturated carbocycles. The van der Waals surface area contributed by atoms with Crippen LogP contribution in [0.2, 0.25) is 0 Å². The Hall–Kier alpha value is -2.18. The number of carbonyl (C=O) groups excluding carboxylic acids is 1. The molecule has 2 aliphatic heterocycles. The Kier molecular flexibility index (Phi) is 8.95. The predicted molar refractivity (Wildman–Crippen MR) is 137 cm³/mol. The molecule has 2 aromatic rings. The number of fused-ring (bicyclic) bond motifs is 1. The topological polar surface area (TPSA) is 42.0 Å². The number of hydrogen-bond acceptors (Lipinski definition) is 6. The van der Waals surface area contributed by atoms with Crippen LogP contribution in [0.1, 0.15) is 54.1 Å². The zero-order chi connectivity index (χ0) is 22.9. The number of benzene rings is 2. The van der Waals surface area contributed by atoms with Crippen molar-refractivity contribution in [2.45, 2.75) is 38.2 Å². The van der Waals surface area contributed by atoms with Gasteiger partial charge in [-0.1, -0.05) is 31.0 Å². The molecule has 0 spiro atoms. The van der Waals surface area contributed by atoms with Crippen LogP contribution in [-0.2, 0) is 4.74 Å². The molecule has 4 rings (SSSR count). The van der Waals surface area contributed by atoms with Gasteiger partial charge in [0.1, 0.15) is 11.9 Å². The number of nitrogens with zero attached hydrogens (tertiary/aromatic N) is 2. The highest BCUT2D eigenvalue weighted by molar-refractivity contribution is 7.99. The van der Waals surface area contributed by atoms with Crippen molar-refractivity contribution in [3.8, 4) is 5.75 Å². The minimum Gasteiger partial charge on any atom is -0.497 e. The van der Waals surface area contributed by atoms with Gasteiger partial charge < -0.3 is 14.4 Å². The minimum absolute atomic E-state index is 0.127. The molecule has 1 saturated heterocycles. The second-order valence-electron chi connectivity index (χ2n) is 8.83. The van der Waals surface area contributed by atoms with E-state index in [1.54, 1.807) is 7.11 Å². The molecular weight excluding hydrogens is 432 g/mol. The van der Waals surface area contributed by atoms with Crippen molar-refractivity contribution in [1.82, 2.24) is 4.90 Å². The van der Waals surface area contributed by atoms with Gasteiger partial charge in [0.25, 0.3) is 0 Å². The molecule has 2 heterocycles. The number of methoxy groups -OCH3 is 1. The fraction of sp³-hybridized carbons (Fsp3) is 0.519. The lowest BCUT2D eigenvalue weighted by atomic mass is 10.0. The van der Waals surface area contributed by atoms with Crippen LogP contribution < -0.4 is 9.64 Å². The number of esters is 1. The van der Waals surface area contributed by atoms with E-state index in [9.17, 15) is 4.79 Å². The molecule has 2 aromatic carbocycles. The SMILES string of the molecule is COc1ccc2c(c1)C(CCSCCCCCCN1CCN(c3ccccc3)CC1)OC2=O. The molecule has 6 heteroatoms. The number of rotatable bonds is 12. The Bertz CT molecular complexity index is 884. The summed E-state index contributed by atoms with van der Waals surface area (Å²) < 4.78 is 10.9. The molecule has 0 radical (unpaired) electrons. The van der Waals surface area contributed by atoms with E-state index < -0.39 is 0 Å². The first kappa shape index (κ1) is 24.0. The Labute approximate surface area is 202 Å². The van der Waals surface area contributed by atoms with Crippen molar-refractivity contribution in [3.63, 3.8) is 0 Å². The van der Waals surface area contributed by atoms with Gasteiger partial charge in [0.15, 0.2) is 0 Å². The normalized spacial score (nSPS) is 18.3. The Morgan fingerprint density at radius 3 is 2.55 bits per heavy atom. The standard InChI is InChI=1S/C27H36N2O3S/c1-31-23-11-12-24-25(21-23)26(32-27(24)30)13-20-33-19-8-3-2-7-14-28-15-17-29(18-16-28)22-9-5-4-6-10-22/h4-6,9-12,21,26H,2-3,7-8,13-20H2,1H3. The molecule has 2 aliphatic rings. The number of para-hydroxylation sites is 1. The molecule has 178 valence electrons. The fourth-order valence-corrected chi connectivity index (χ4v) is 5.64. The maximum atomic E-state index is 12.0. The minimum atomic E-state index is -0.205. The van der Waals surface area contributed by atoms with E-state index in [1.165, 1.54) is 56.8 Å². The number of unbranched alkanes of at least 4 members (excludes halogenated alkanes) is 3. The molecule has 0 aromatic heterocycles. The van der Waals surface area contributed by atoms with Crippen molar-refractivity contribution < 1.29 is 14.3 Å². The number of anilines is 1. The Balaban J connectivity index is 1.02. The summed E-state index contributed by atoms with van der Waals surface area (Å²) >= 11 is 1.97. The number of ether oxygens (including phenoxy) is 2. The molecule has 0 amide bonds. The van der Waals surface area contributed by atoms with Crippen LogP contribution in [0.15, 0.2) is 48.5 Å². The van der Waals surface area contributed by atoms with Crippen molar-refractivity contribution in [2.75, 3.05) is 56.2 Å². The summed E-state index contributed by atoms with van der Waals surface area (Å²) in [4.78, 5) is 17.1. The van der Waals surface area contributed by atoms with Crippen LogP contribution in [0.5, 0.6) is 5.75 Å². The summed E-state index contributed by atoms with van der Waals surface area (Å²) in [5.74, 6) is 2.77. The van der Waals surface area contributed by atoms with E-state index in [-0.39, 0.29) is 12.1 Å². The lowest BCUT2D eigenvalue weighted by Crippen LogP contribution is -2.46. The van der Waals surface area contributed by atoms with Crippen molar-refractivity contribution >= 4 is 23.4 Å². The number of thioether (sulfide) groups is 1. The average molecular weight is 469 g/mol. The van der Waals surface area contributed by atoms with Crippen molar-refractivity contribution in [3.05, 3.63) is 59.7 Å². The van der Waals surface area contributed by atoms with Gasteiger partial charge in [0.2, 0.25) is 0 Å². The highest BCUT2D eigenvalue weighted by Crippen LogP contribution is 2.36. The molecule has 0 N–H and O–H groups in total. The van der Waals surface area contributed by atoms with E-state index in [0.717, 1.165) is 36.6 Å². The van der Waals surface area contributed by atoms with Crippen LogP contribution in [0.25, 0.3) is 0 Å². The maximum Gasteiger partial charge on any atom is 0.339 e. The first-order chi connectivity index (χ1) is 16.2. The summed E-state index contributed by atoms with van der Waals surface area (Å²) in [7, 11) is 1.65. The fourth-order valence-electron chi connectivity index (χ4n) is 4.64. The quantitative estimate of drug-likeness (QED) is 0.306. The summed E-state index contributed by atoms with van der Waals surface area (Å²) in [6.07, 6.45) is 5.92. The average Bonchev–Trinajstić information content (AvgIpc) is 3.18. The monoisotopic (exact) mass is 468 g/mol.